The molecule has 0 amide bonds. The van der Waals surface area contributed by atoms with E-state index in [4.69, 9.17) is 5.11 Å². The molecule has 0 aromatic carbocycles. The summed E-state index contributed by atoms with van der Waals surface area (Å²) in [6.07, 6.45) is 1.08. The van der Waals surface area contributed by atoms with Gasteiger partial charge in [0.25, 0.3) is 0 Å². The molecule has 0 fully saturated rings. The van der Waals surface area contributed by atoms with Crippen molar-refractivity contribution < 1.29 is 9.90 Å². The van der Waals surface area contributed by atoms with Gasteiger partial charge in [-0.05, 0) is 0 Å². The van der Waals surface area contributed by atoms with Gasteiger partial charge < -0.3 is 5.11 Å². The molecule has 0 aliphatic carbocycles. The summed E-state index contributed by atoms with van der Waals surface area (Å²) < 4.78 is 0. The Balaban J connectivity index is 0. The van der Waals surface area contributed by atoms with Crippen LogP contribution in [-0.2, 0) is 4.79 Å². The monoisotopic (exact) mass is 97.0 g/mol. The maximum absolute atomic E-state index is 9.31. The fourth-order valence-corrected chi connectivity index (χ4v) is 0. The Bertz CT molecular complexity index is 44.1. The molecule has 0 heterocycles. The van der Waals surface area contributed by atoms with Crippen molar-refractivity contribution in [1.29, 1.82) is 0 Å². The number of hydrogen-bond acceptors (Lipinski definition) is 1. The average molecular weight is 97.1 g/mol. The molecule has 31 valence electrons. The topological polar surface area (TPSA) is 37.3 Å². The third kappa shape index (κ3) is 8.82. The van der Waals surface area contributed by atoms with E-state index >= 15 is 0 Å². The van der Waals surface area contributed by atoms with E-state index in [-0.39, 0.29) is 29.6 Å². The Morgan fingerprint density at radius 3 is 2.00 bits per heavy atom. The number of rotatable bonds is 1. The third-order valence-corrected chi connectivity index (χ3v) is 0.247. The van der Waals surface area contributed by atoms with Gasteiger partial charge in [0.1, 0.15) is 0 Å². The first-order valence-electron chi connectivity index (χ1n) is 1.29. The summed E-state index contributed by atoms with van der Waals surface area (Å²) in [6.45, 7) is 1.47. The molecule has 1 N–H and O–H groups in total. The van der Waals surface area contributed by atoms with Crippen LogP contribution in [0, 0.1) is 6.42 Å². The van der Waals surface area contributed by atoms with Crippen molar-refractivity contribution in [3.8, 4) is 0 Å². The van der Waals surface area contributed by atoms with Crippen molar-refractivity contribution >= 4 is 35.5 Å². The van der Waals surface area contributed by atoms with Crippen molar-refractivity contribution in [3.63, 3.8) is 0 Å². The minimum absolute atomic E-state index is 0. The van der Waals surface area contributed by atoms with Crippen molar-refractivity contribution in [1.82, 2.24) is 0 Å². The minimum atomic E-state index is -0.870. The molecule has 0 saturated heterocycles. The second kappa shape index (κ2) is 5.47. The quantitative estimate of drug-likeness (QED) is 0.454. The van der Waals surface area contributed by atoms with Gasteiger partial charge in [-0.1, -0.05) is 6.92 Å². The Hall–Kier alpha value is 0.470. The molecule has 1 radical (unpaired) electrons. The molecular formula is C3H6NaO2. The molecule has 3 heteroatoms. The molecular weight excluding hydrogens is 91.0 g/mol. The fraction of sp³-hybridized carbons (Fsp3) is 0.333. The Morgan fingerprint density at radius 1 is 1.83 bits per heavy atom. The van der Waals surface area contributed by atoms with Crippen molar-refractivity contribution in [2.75, 3.05) is 0 Å². The van der Waals surface area contributed by atoms with Gasteiger partial charge in [0.2, 0.25) is 0 Å². The summed E-state index contributed by atoms with van der Waals surface area (Å²) in [7, 11) is 0. The number of carbonyl (C=O) groups is 1. The van der Waals surface area contributed by atoms with Gasteiger partial charge in [-0.3, -0.25) is 4.79 Å². The molecule has 0 spiro atoms. The molecule has 0 aliphatic rings. The van der Waals surface area contributed by atoms with Crippen LogP contribution >= 0.6 is 0 Å². The first-order chi connectivity index (χ1) is 2.27. The third-order valence-electron chi connectivity index (χ3n) is 0.247. The zero-order valence-corrected chi connectivity index (χ0v) is 2.93. The molecule has 0 saturated carbocycles. The summed E-state index contributed by atoms with van der Waals surface area (Å²) in [4.78, 5) is 9.31. The zero-order chi connectivity index (χ0) is 4.28. The van der Waals surface area contributed by atoms with Gasteiger partial charge in [-0.15, -0.1) is 0 Å². The van der Waals surface area contributed by atoms with Gasteiger partial charge in [0, 0.05) is 0 Å². The SMILES string of the molecule is C[CH]C(=O)O.[NaH]. The standard InChI is InChI=1S/C3H5O2.Na.H/c1-2-3(4)5;;/h2H,1H3,(H,4,5);;. The van der Waals surface area contributed by atoms with Gasteiger partial charge in [-0.2, -0.15) is 0 Å². The van der Waals surface area contributed by atoms with Gasteiger partial charge >= 0.3 is 35.5 Å². The van der Waals surface area contributed by atoms with E-state index in [9.17, 15) is 4.79 Å². The number of aliphatic carboxylic acids is 1. The normalized spacial score (nSPS) is 6.17. The second-order valence-electron chi connectivity index (χ2n) is 0.627. The van der Waals surface area contributed by atoms with E-state index in [1.807, 2.05) is 0 Å². The van der Waals surface area contributed by atoms with Crippen LogP contribution in [0.15, 0.2) is 0 Å². The molecule has 0 unspecified atom stereocenters. The molecule has 0 rings (SSSR count). The first kappa shape index (κ1) is 9.69. The van der Waals surface area contributed by atoms with E-state index < -0.39 is 5.97 Å². The van der Waals surface area contributed by atoms with Crippen LogP contribution in [0.3, 0.4) is 0 Å². The molecule has 0 aromatic rings. The Labute approximate surface area is 58.8 Å². The molecule has 6 heavy (non-hydrogen) atoms. The molecule has 0 aliphatic heterocycles. The van der Waals surface area contributed by atoms with E-state index in [2.05, 4.69) is 0 Å². The maximum atomic E-state index is 9.31. The molecule has 2 nitrogen and oxygen atoms in total. The van der Waals surface area contributed by atoms with Gasteiger partial charge in [0.15, 0.2) is 0 Å². The summed E-state index contributed by atoms with van der Waals surface area (Å²) in [5.74, 6) is -0.870. The van der Waals surface area contributed by atoms with Crippen LogP contribution in [-0.4, -0.2) is 40.6 Å². The van der Waals surface area contributed by atoms with Crippen LogP contribution in [0.5, 0.6) is 0 Å². The zero-order valence-electron chi connectivity index (χ0n) is 2.93. The Morgan fingerprint density at radius 2 is 2.00 bits per heavy atom. The van der Waals surface area contributed by atoms with E-state index in [0.29, 0.717) is 0 Å². The second-order valence-corrected chi connectivity index (χ2v) is 0.627. The van der Waals surface area contributed by atoms with Gasteiger partial charge in [-0.25, -0.2) is 0 Å². The molecule has 0 bridgehead atoms. The van der Waals surface area contributed by atoms with Crippen molar-refractivity contribution in [2.24, 2.45) is 0 Å². The first-order valence-corrected chi connectivity index (χ1v) is 1.29. The Kier molecular flexibility index (Phi) is 8.83. The van der Waals surface area contributed by atoms with E-state index in [1.165, 1.54) is 6.92 Å². The van der Waals surface area contributed by atoms with Crippen molar-refractivity contribution in [3.05, 3.63) is 6.42 Å². The molecule has 0 aromatic heterocycles. The van der Waals surface area contributed by atoms with Crippen LogP contribution in [0.1, 0.15) is 6.92 Å². The van der Waals surface area contributed by atoms with Crippen LogP contribution in [0.25, 0.3) is 0 Å². The number of carboxylic acid groups (broad SMARTS) is 1. The van der Waals surface area contributed by atoms with E-state index in [0.717, 1.165) is 6.42 Å². The predicted octanol–water partition coefficient (Wildman–Crippen LogP) is -0.353. The van der Waals surface area contributed by atoms with Crippen molar-refractivity contribution in [2.45, 2.75) is 6.92 Å². The average Bonchev–Trinajstić information content (AvgIpc) is 1.38. The van der Waals surface area contributed by atoms with Crippen LogP contribution < -0.4 is 0 Å². The summed E-state index contributed by atoms with van der Waals surface area (Å²) in [5, 5.41) is 7.67. The molecule has 0 atom stereocenters. The van der Waals surface area contributed by atoms with E-state index in [1.54, 1.807) is 0 Å². The van der Waals surface area contributed by atoms with Gasteiger partial charge in [0.05, 0.1) is 6.42 Å². The number of hydrogen-bond donors (Lipinski definition) is 1. The van der Waals surface area contributed by atoms with Crippen LogP contribution in [0.4, 0.5) is 0 Å². The predicted molar refractivity (Wildman–Crippen MR) is 24.8 cm³/mol. The fourth-order valence-electron chi connectivity index (χ4n) is 0. The summed E-state index contributed by atoms with van der Waals surface area (Å²) in [6, 6.07) is 0. The number of carboxylic acids is 1. The van der Waals surface area contributed by atoms with Crippen LogP contribution in [0.2, 0.25) is 0 Å². The summed E-state index contributed by atoms with van der Waals surface area (Å²) in [5.41, 5.74) is 0. The summed E-state index contributed by atoms with van der Waals surface area (Å²) >= 11 is 0.